The second-order valence-electron chi connectivity index (χ2n) is 3.87. The second kappa shape index (κ2) is 3.79. The molecule has 1 nitrogen and oxygen atoms in total. The molecule has 2 rings (SSSR count). The maximum atomic E-state index is 5.61. The summed E-state index contributed by atoms with van der Waals surface area (Å²) in [5, 5.41) is 0. The van der Waals surface area contributed by atoms with Crippen LogP contribution in [0.4, 0.5) is 0 Å². The van der Waals surface area contributed by atoms with Gasteiger partial charge in [-0.2, -0.15) is 0 Å². The molecule has 1 aromatic carbocycles. The van der Waals surface area contributed by atoms with Crippen LogP contribution in [0.1, 0.15) is 41.4 Å². The highest BCUT2D eigenvalue weighted by molar-refractivity contribution is 5.79. The van der Waals surface area contributed by atoms with Gasteiger partial charge in [-0.15, -0.1) is 6.58 Å². The molecule has 72 valence electrons. The van der Waals surface area contributed by atoms with E-state index < -0.39 is 0 Å². The van der Waals surface area contributed by atoms with Crippen molar-refractivity contribution < 1.29 is 4.42 Å². The van der Waals surface area contributed by atoms with E-state index in [2.05, 4.69) is 31.7 Å². The maximum Gasteiger partial charge on any atom is 0.317 e. The van der Waals surface area contributed by atoms with E-state index in [-0.39, 0.29) is 6.10 Å². The van der Waals surface area contributed by atoms with Gasteiger partial charge in [-0.05, 0) is 25.5 Å². The number of allylic oxidation sites excluding steroid dienone is 1. The Bertz CT molecular complexity index is 377. The molecule has 0 aliphatic carbocycles. The number of benzene rings is 1. The molecule has 14 heavy (non-hydrogen) atoms. The first-order chi connectivity index (χ1) is 6.77. The molecule has 1 atom stereocenters. The molecular formula is C13H15O+. The molecule has 0 bridgehead atoms. The van der Waals surface area contributed by atoms with Crippen LogP contribution < -0.4 is 0 Å². The predicted octanol–water partition coefficient (Wildman–Crippen LogP) is 3.45. The summed E-state index contributed by atoms with van der Waals surface area (Å²) < 4.78 is 5.61. The summed E-state index contributed by atoms with van der Waals surface area (Å²) in [5.41, 5.74) is 3.76. The molecule has 0 fully saturated rings. The van der Waals surface area contributed by atoms with Crippen LogP contribution in [-0.4, -0.2) is 6.29 Å². The van der Waals surface area contributed by atoms with Crippen molar-refractivity contribution in [2.45, 2.75) is 25.9 Å². The highest BCUT2D eigenvalue weighted by Gasteiger charge is 2.28. The van der Waals surface area contributed by atoms with Crippen LogP contribution in [0.25, 0.3) is 0 Å². The minimum Gasteiger partial charge on any atom is -0.253 e. The molecule has 0 radical (unpaired) electrons. The first-order valence-electron chi connectivity index (χ1n) is 4.99. The molecule has 1 aliphatic heterocycles. The van der Waals surface area contributed by atoms with Crippen LogP contribution in [-0.2, 0) is 0 Å². The molecule has 0 N–H and O–H groups in total. The first-order valence-corrected chi connectivity index (χ1v) is 4.99. The molecule has 1 unspecified atom stereocenters. The van der Waals surface area contributed by atoms with Gasteiger partial charge in [-0.1, -0.05) is 17.7 Å². The molecule has 1 heteroatoms. The van der Waals surface area contributed by atoms with E-state index in [0.29, 0.717) is 0 Å². The largest absolute Gasteiger partial charge is 0.317 e. The van der Waals surface area contributed by atoms with Crippen LogP contribution in [0, 0.1) is 0 Å². The highest BCUT2D eigenvalue weighted by Crippen LogP contribution is 2.29. The molecule has 0 saturated heterocycles. The summed E-state index contributed by atoms with van der Waals surface area (Å²) in [6.07, 6.45) is 4.16. The van der Waals surface area contributed by atoms with Gasteiger partial charge in [0.15, 0.2) is 0 Å². The van der Waals surface area contributed by atoms with E-state index in [4.69, 9.17) is 4.42 Å². The van der Waals surface area contributed by atoms with Gasteiger partial charge in [0.1, 0.15) is 0 Å². The fourth-order valence-corrected chi connectivity index (χ4v) is 1.74. The zero-order chi connectivity index (χ0) is 9.97. The quantitative estimate of drug-likeness (QED) is 0.390. The lowest BCUT2D eigenvalue weighted by Gasteiger charge is -2.00. The first kappa shape index (κ1) is 9.20. The molecule has 0 aromatic heterocycles. The number of rotatable bonds is 3. The number of carbonyl (C=O) groups excluding carboxylic acids is 1. The lowest BCUT2D eigenvalue weighted by atomic mass is 10.0. The Morgan fingerprint density at radius 2 is 2.21 bits per heavy atom. The van der Waals surface area contributed by atoms with Gasteiger partial charge in [0.2, 0.25) is 0 Å². The molecule has 1 aromatic rings. The monoisotopic (exact) mass is 187 g/mol. The van der Waals surface area contributed by atoms with Gasteiger partial charge < -0.3 is 0 Å². The number of hydrogen-bond donors (Lipinski definition) is 0. The van der Waals surface area contributed by atoms with Crippen molar-refractivity contribution >= 4 is 6.29 Å². The average Bonchev–Trinajstić information content (AvgIpc) is 2.58. The SMILES string of the molecule is C=C(C)CCC1[O+]=Cc2ccccc21. The summed E-state index contributed by atoms with van der Waals surface area (Å²) in [6.45, 7) is 5.97. The van der Waals surface area contributed by atoms with E-state index in [0.717, 1.165) is 12.8 Å². The third kappa shape index (κ3) is 1.77. The van der Waals surface area contributed by atoms with Gasteiger partial charge in [-0.25, -0.2) is 0 Å². The molecular weight excluding hydrogens is 172 g/mol. The van der Waals surface area contributed by atoms with E-state index in [1.807, 2.05) is 12.4 Å². The topological polar surface area (TPSA) is 11.3 Å². The minimum atomic E-state index is 0.239. The number of aldehydes is 1. The van der Waals surface area contributed by atoms with Crippen molar-refractivity contribution in [3.05, 3.63) is 47.5 Å². The van der Waals surface area contributed by atoms with E-state index in [1.165, 1.54) is 16.7 Å². The Morgan fingerprint density at radius 1 is 1.43 bits per heavy atom. The molecule has 0 spiro atoms. The summed E-state index contributed by atoms with van der Waals surface area (Å²) in [5.74, 6) is 0. The van der Waals surface area contributed by atoms with Gasteiger partial charge in [0.25, 0.3) is 6.10 Å². The van der Waals surface area contributed by atoms with Crippen molar-refractivity contribution in [3.8, 4) is 0 Å². The van der Waals surface area contributed by atoms with Crippen LogP contribution in [0.2, 0.25) is 0 Å². The maximum absolute atomic E-state index is 5.61. The Balaban J connectivity index is 2.11. The van der Waals surface area contributed by atoms with Crippen molar-refractivity contribution in [2.24, 2.45) is 0 Å². The average molecular weight is 187 g/mol. The standard InChI is InChI=1S/C13H15O/c1-10(2)7-8-13-12-6-4-3-5-11(12)9-14-13/h3-6,9,13H,1,7-8H2,2H3/q+1. The zero-order valence-corrected chi connectivity index (χ0v) is 8.49. The Hall–Kier alpha value is -1.37. The fraction of sp³-hybridized carbons (Fsp3) is 0.308. The van der Waals surface area contributed by atoms with Gasteiger partial charge in [0, 0.05) is 6.42 Å². The lowest BCUT2D eigenvalue weighted by molar-refractivity contribution is -0.323. The van der Waals surface area contributed by atoms with Crippen LogP contribution in [0.5, 0.6) is 0 Å². The Kier molecular flexibility index (Phi) is 2.49. The third-order valence-electron chi connectivity index (χ3n) is 2.54. The van der Waals surface area contributed by atoms with E-state index >= 15 is 0 Å². The van der Waals surface area contributed by atoms with Gasteiger partial charge in [0.05, 0.1) is 11.1 Å². The summed E-state index contributed by atoms with van der Waals surface area (Å²) in [7, 11) is 0. The minimum absolute atomic E-state index is 0.239. The normalized spacial score (nSPS) is 18.2. The molecule has 0 amide bonds. The van der Waals surface area contributed by atoms with E-state index in [1.54, 1.807) is 0 Å². The van der Waals surface area contributed by atoms with E-state index in [9.17, 15) is 0 Å². The van der Waals surface area contributed by atoms with Crippen LogP contribution in [0.3, 0.4) is 0 Å². The summed E-state index contributed by atoms with van der Waals surface area (Å²) >= 11 is 0. The second-order valence-corrected chi connectivity index (χ2v) is 3.87. The summed E-state index contributed by atoms with van der Waals surface area (Å²) in [6, 6.07) is 8.34. The highest BCUT2D eigenvalue weighted by atomic mass is 16.4. The van der Waals surface area contributed by atoms with Gasteiger partial charge in [-0.3, -0.25) is 4.42 Å². The van der Waals surface area contributed by atoms with Crippen molar-refractivity contribution in [1.82, 2.24) is 0 Å². The fourth-order valence-electron chi connectivity index (χ4n) is 1.74. The molecule has 1 aliphatic rings. The van der Waals surface area contributed by atoms with Crippen molar-refractivity contribution in [3.63, 3.8) is 0 Å². The van der Waals surface area contributed by atoms with Crippen molar-refractivity contribution in [1.29, 1.82) is 0 Å². The predicted molar refractivity (Wildman–Crippen MR) is 58.6 cm³/mol. The number of hydrogen-bond acceptors (Lipinski definition) is 0. The van der Waals surface area contributed by atoms with Crippen LogP contribution in [0.15, 0.2) is 36.4 Å². The molecule has 0 saturated carbocycles. The zero-order valence-electron chi connectivity index (χ0n) is 8.49. The molecule has 1 heterocycles. The number of fused-ring (bicyclic) bond motifs is 1. The Morgan fingerprint density at radius 3 is 3.00 bits per heavy atom. The van der Waals surface area contributed by atoms with Crippen molar-refractivity contribution in [2.75, 3.05) is 0 Å². The Labute approximate surface area is 84.8 Å². The van der Waals surface area contributed by atoms with Gasteiger partial charge >= 0.3 is 6.29 Å². The van der Waals surface area contributed by atoms with Crippen LogP contribution >= 0.6 is 0 Å². The lowest BCUT2D eigenvalue weighted by Crippen LogP contribution is -1.93. The third-order valence-corrected chi connectivity index (χ3v) is 2.54. The summed E-state index contributed by atoms with van der Waals surface area (Å²) in [4.78, 5) is 0. The smallest absolute Gasteiger partial charge is 0.253 e.